The lowest BCUT2D eigenvalue weighted by molar-refractivity contribution is 0.112. The molecule has 2 aromatic rings. The monoisotopic (exact) mass is 318 g/mol. The SMILES string of the molecule is Cc1cc(C)c(C)c(Oc2cc(Br)ccc2C=O)c1. The fourth-order valence-electron chi connectivity index (χ4n) is 1.92. The van der Waals surface area contributed by atoms with E-state index in [4.69, 9.17) is 4.74 Å². The molecule has 0 saturated carbocycles. The molecule has 0 fully saturated rings. The summed E-state index contributed by atoms with van der Waals surface area (Å²) in [5.74, 6) is 1.36. The Hall–Kier alpha value is -1.61. The predicted molar refractivity (Wildman–Crippen MR) is 80.3 cm³/mol. The molecule has 3 heteroatoms. The number of hydrogen-bond donors (Lipinski definition) is 0. The maximum Gasteiger partial charge on any atom is 0.153 e. The number of carbonyl (C=O) groups is 1. The minimum absolute atomic E-state index is 0.543. The summed E-state index contributed by atoms with van der Waals surface area (Å²) in [5, 5.41) is 0. The average Bonchev–Trinajstić information content (AvgIpc) is 2.35. The third-order valence-electron chi connectivity index (χ3n) is 3.09. The number of carbonyl (C=O) groups excluding carboxylic acids is 1. The molecule has 2 nitrogen and oxygen atoms in total. The molecule has 0 heterocycles. The second-order valence-corrected chi connectivity index (χ2v) is 5.52. The third-order valence-corrected chi connectivity index (χ3v) is 3.58. The largest absolute Gasteiger partial charge is 0.456 e. The highest BCUT2D eigenvalue weighted by atomic mass is 79.9. The van der Waals surface area contributed by atoms with Crippen molar-refractivity contribution in [2.24, 2.45) is 0 Å². The molecule has 0 unspecified atom stereocenters. The zero-order valence-electron chi connectivity index (χ0n) is 11.2. The second kappa shape index (κ2) is 5.57. The van der Waals surface area contributed by atoms with E-state index in [9.17, 15) is 4.79 Å². The summed E-state index contributed by atoms with van der Waals surface area (Å²) in [6.07, 6.45) is 0.805. The van der Waals surface area contributed by atoms with Crippen molar-refractivity contribution < 1.29 is 9.53 Å². The summed E-state index contributed by atoms with van der Waals surface area (Å²) in [6, 6.07) is 9.47. The van der Waals surface area contributed by atoms with Crippen molar-refractivity contribution in [1.29, 1.82) is 0 Å². The first-order valence-corrected chi connectivity index (χ1v) is 6.81. The van der Waals surface area contributed by atoms with Gasteiger partial charge in [0.2, 0.25) is 0 Å². The Balaban J connectivity index is 2.46. The molecule has 0 N–H and O–H groups in total. The van der Waals surface area contributed by atoms with Gasteiger partial charge in [-0.3, -0.25) is 4.79 Å². The van der Waals surface area contributed by atoms with Gasteiger partial charge in [-0.2, -0.15) is 0 Å². The maximum absolute atomic E-state index is 11.1. The van der Waals surface area contributed by atoms with E-state index in [1.54, 1.807) is 12.1 Å². The van der Waals surface area contributed by atoms with E-state index in [1.165, 1.54) is 5.56 Å². The van der Waals surface area contributed by atoms with Gasteiger partial charge in [-0.1, -0.05) is 22.0 Å². The van der Waals surface area contributed by atoms with Crippen LogP contribution in [0.15, 0.2) is 34.8 Å². The van der Waals surface area contributed by atoms with Crippen LogP contribution in [0.4, 0.5) is 0 Å². The van der Waals surface area contributed by atoms with Crippen LogP contribution in [0.25, 0.3) is 0 Å². The van der Waals surface area contributed by atoms with Crippen molar-refractivity contribution in [3.8, 4) is 11.5 Å². The normalized spacial score (nSPS) is 10.3. The Bertz CT molecular complexity index is 633. The minimum Gasteiger partial charge on any atom is -0.456 e. The molecule has 0 atom stereocenters. The Morgan fingerprint density at radius 2 is 1.79 bits per heavy atom. The van der Waals surface area contributed by atoms with Crippen molar-refractivity contribution in [1.82, 2.24) is 0 Å². The van der Waals surface area contributed by atoms with E-state index in [0.29, 0.717) is 11.3 Å². The summed E-state index contributed by atoms with van der Waals surface area (Å²) < 4.78 is 6.80. The van der Waals surface area contributed by atoms with Gasteiger partial charge in [-0.05, 0) is 61.7 Å². The highest BCUT2D eigenvalue weighted by Gasteiger charge is 2.09. The zero-order valence-corrected chi connectivity index (χ0v) is 12.7. The molecular formula is C16H15BrO2. The third kappa shape index (κ3) is 3.04. The standard InChI is InChI=1S/C16H15BrO2/c1-10-6-11(2)12(3)15(7-10)19-16-8-14(17)5-4-13(16)9-18/h4-9H,1-3H3. The van der Waals surface area contributed by atoms with Crippen LogP contribution in [0.2, 0.25) is 0 Å². The smallest absolute Gasteiger partial charge is 0.153 e. The summed E-state index contributed by atoms with van der Waals surface area (Å²) in [5.41, 5.74) is 3.95. The molecule has 2 rings (SSSR count). The van der Waals surface area contributed by atoms with Crippen LogP contribution in [0.1, 0.15) is 27.0 Å². The molecule has 0 aliphatic rings. The highest BCUT2D eigenvalue weighted by Crippen LogP contribution is 2.31. The van der Waals surface area contributed by atoms with Gasteiger partial charge in [0.1, 0.15) is 11.5 Å². The number of benzene rings is 2. The quantitative estimate of drug-likeness (QED) is 0.746. The number of rotatable bonds is 3. The molecule has 2 aromatic carbocycles. The first kappa shape index (κ1) is 13.8. The average molecular weight is 319 g/mol. The zero-order chi connectivity index (χ0) is 14.0. The van der Waals surface area contributed by atoms with E-state index in [2.05, 4.69) is 28.9 Å². The summed E-state index contributed by atoms with van der Waals surface area (Å²) in [7, 11) is 0. The lowest BCUT2D eigenvalue weighted by atomic mass is 10.1. The van der Waals surface area contributed by atoms with Crippen LogP contribution in [-0.4, -0.2) is 6.29 Å². The summed E-state index contributed by atoms with van der Waals surface area (Å²) in [4.78, 5) is 11.1. The van der Waals surface area contributed by atoms with E-state index in [0.717, 1.165) is 27.6 Å². The minimum atomic E-state index is 0.543. The molecular weight excluding hydrogens is 304 g/mol. The molecule has 0 saturated heterocycles. The van der Waals surface area contributed by atoms with Gasteiger partial charge in [0.15, 0.2) is 6.29 Å². The predicted octanol–water partition coefficient (Wildman–Crippen LogP) is 4.98. The van der Waals surface area contributed by atoms with Gasteiger partial charge >= 0.3 is 0 Å². The molecule has 0 bridgehead atoms. The van der Waals surface area contributed by atoms with E-state index >= 15 is 0 Å². The van der Waals surface area contributed by atoms with Gasteiger partial charge in [-0.15, -0.1) is 0 Å². The summed E-state index contributed by atoms with van der Waals surface area (Å²) >= 11 is 3.39. The van der Waals surface area contributed by atoms with Gasteiger partial charge in [-0.25, -0.2) is 0 Å². The van der Waals surface area contributed by atoms with Crippen molar-refractivity contribution in [2.45, 2.75) is 20.8 Å². The molecule has 0 amide bonds. The molecule has 0 spiro atoms. The van der Waals surface area contributed by atoms with E-state index < -0.39 is 0 Å². The lowest BCUT2D eigenvalue weighted by Crippen LogP contribution is -1.95. The van der Waals surface area contributed by atoms with Crippen LogP contribution in [0.3, 0.4) is 0 Å². The van der Waals surface area contributed by atoms with Crippen molar-refractivity contribution in [3.63, 3.8) is 0 Å². The van der Waals surface area contributed by atoms with Crippen LogP contribution in [0.5, 0.6) is 11.5 Å². The number of aldehydes is 1. The van der Waals surface area contributed by atoms with Gasteiger partial charge < -0.3 is 4.74 Å². The second-order valence-electron chi connectivity index (χ2n) is 4.61. The van der Waals surface area contributed by atoms with Crippen molar-refractivity contribution in [3.05, 3.63) is 57.1 Å². The molecule has 0 aliphatic carbocycles. The van der Waals surface area contributed by atoms with Crippen LogP contribution in [0, 0.1) is 20.8 Å². The molecule has 0 aliphatic heterocycles. The Morgan fingerprint density at radius 3 is 2.47 bits per heavy atom. The fourth-order valence-corrected chi connectivity index (χ4v) is 2.26. The van der Waals surface area contributed by atoms with Gasteiger partial charge in [0, 0.05) is 4.47 Å². The molecule has 0 radical (unpaired) electrons. The Labute approximate surface area is 121 Å². The van der Waals surface area contributed by atoms with Crippen molar-refractivity contribution in [2.75, 3.05) is 0 Å². The fraction of sp³-hybridized carbons (Fsp3) is 0.188. The van der Waals surface area contributed by atoms with Gasteiger partial charge in [0.25, 0.3) is 0 Å². The van der Waals surface area contributed by atoms with Gasteiger partial charge in [0.05, 0.1) is 5.56 Å². The topological polar surface area (TPSA) is 26.3 Å². The van der Waals surface area contributed by atoms with E-state index in [1.807, 2.05) is 26.0 Å². The van der Waals surface area contributed by atoms with Crippen LogP contribution in [-0.2, 0) is 0 Å². The molecule has 0 aromatic heterocycles. The number of hydrogen-bond acceptors (Lipinski definition) is 2. The number of aryl methyl sites for hydroxylation is 2. The maximum atomic E-state index is 11.1. The summed E-state index contributed by atoms with van der Waals surface area (Å²) in [6.45, 7) is 6.10. The first-order valence-electron chi connectivity index (χ1n) is 6.01. The van der Waals surface area contributed by atoms with Crippen LogP contribution >= 0.6 is 15.9 Å². The number of ether oxygens (including phenoxy) is 1. The Morgan fingerprint density at radius 1 is 1.05 bits per heavy atom. The lowest BCUT2D eigenvalue weighted by Gasteiger charge is -2.13. The Kier molecular flexibility index (Phi) is 4.05. The van der Waals surface area contributed by atoms with Crippen molar-refractivity contribution >= 4 is 22.2 Å². The number of halogens is 1. The van der Waals surface area contributed by atoms with Crippen LogP contribution < -0.4 is 4.74 Å². The van der Waals surface area contributed by atoms with E-state index in [-0.39, 0.29) is 0 Å². The first-order chi connectivity index (χ1) is 9.01. The molecule has 19 heavy (non-hydrogen) atoms. The molecule has 98 valence electrons. The highest BCUT2D eigenvalue weighted by molar-refractivity contribution is 9.10.